The van der Waals surface area contributed by atoms with Crippen molar-refractivity contribution in [1.29, 1.82) is 0 Å². The third kappa shape index (κ3) is 3.06. The van der Waals surface area contributed by atoms with E-state index in [2.05, 4.69) is 41.1 Å². The molecule has 3 rings (SSSR count). The lowest BCUT2D eigenvalue weighted by Crippen LogP contribution is -2.48. The molecule has 1 saturated heterocycles. The molecular weight excluding hydrogens is 274 g/mol. The van der Waals surface area contributed by atoms with Crippen LogP contribution in [-0.2, 0) is 4.79 Å². The number of carbonyl (C=O) groups is 1. The SMILES string of the molecule is CCCCC(=O)N1CCN(c2cccc3cccnc23)CC1. The van der Waals surface area contributed by atoms with Crippen LogP contribution in [0.3, 0.4) is 0 Å². The van der Waals surface area contributed by atoms with Crippen LogP contribution in [0.2, 0.25) is 0 Å². The van der Waals surface area contributed by atoms with E-state index >= 15 is 0 Å². The smallest absolute Gasteiger partial charge is 0.222 e. The fourth-order valence-corrected chi connectivity index (χ4v) is 3.03. The predicted octanol–water partition coefficient (Wildman–Crippen LogP) is 3.07. The zero-order valence-corrected chi connectivity index (χ0v) is 13.2. The van der Waals surface area contributed by atoms with Gasteiger partial charge in [-0.2, -0.15) is 0 Å². The first-order chi connectivity index (χ1) is 10.8. The Balaban J connectivity index is 1.69. The molecule has 1 aromatic heterocycles. The van der Waals surface area contributed by atoms with Crippen molar-refractivity contribution in [2.24, 2.45) is 0 Å². The molecule has 4 heteroatoms. The van der Waals surface area contributed by atoms with Crippen molar-refractivity contribution in [2.75, 3.05) is 31.1 Å². The van der Waals surface area contributed by atoms with E-state index in [-0.39, 0.29) is 0 Å². The van der Waals surface area contributed by atoms with Crippen LogP contribution in [0.1, 0.15) is 26.2 Å². The van der Waals surface area contributed by atoms with Crippen LogP contribution in [0.15, 0.2) is 36.5 Å². The number of benzene rings is 1. The number of rotatable bonds is 4. The summed E-state index contributed by atoms with van der Waals surface area (Å²) in [6, 6.07) is 10.4. The number of anilines is 1. The van der Waals surface area contributed by atoms with Crippen molar-refractivity contribution in [3.8, 4) is 0 Å². The second-order valence-electron chi connectivity index (χ2n) is 5.82. The number of amides is 1. The molecule has 1 aliphatic heterocycles. The molecule has 0 aliphatic carbocycles. The summed E-state index contributed by atoms with van der Waals surface area (Å²) >= 11 is 0. The highest BCUT2D eigenvalue weighted by Gasteiger charge is 2.21. The zero-order chi connectivity index (χ0) is 15.4. The van der Waals surface area contributed by atoms with Gasteiger partial charge in [0.2, 0.25) is 5.91 Å². The molecule has 116 valence electrons. The number of para-hydroxylation sites is 1. The van der Waals surface area contributed by atoms with Crippen LogP contribution >= 0.6 is 0 Å². The monoisotopic (exact) mass is 297 g/mol. The topological polar surface area (TPSA) is 36.4 Å². The molecule has 0 unspecified atom stereocenters. The van der Waals surface area contributed by atoms with Gasteiger partial charge in [-0.15, -0.1) is 0 Å². The minimum Gasteiger partial charge on any atom is -0.366 e. The van der Waals surface area contributed by atoms with Crippen molar-refractivity contribution in [3.63, 3.8) is 0 Å². The van der Waals surface area contributed by atoms with Crippen LogP contribution in [0, 0.1) is 0 Å². The highest BCUT2D eigenvalue weighted by atomic mass is 16.2. The Hall–Kier alpha value is -2.10. The fraction of sp³-hybridized carbons (Fsp3) is 0.444. The second-order valence-corrected chi connectivity index (χ2v) is 5.82. The molecule has 1 amide bonds. The maximum atomic E-state index is 12.1. The average molecular weight is 297 g/mol. The minimum atomic E-state index is 0.303. The first-order valence-electron chi connectivity index (χ1n) is 8.16. The van der Waals surface area contributed by atoms with Gasteiger partial charge >= 0.3 is 0 Å². The Labute approximate surface area is 131 Å². The summed E-state index contributed by atoms with van der Waals surface area (Å²) in [4.78, 5) is 21.0. The van der Waals surface area contributed by atoms with Gasteiger partial charge in [0.1, 0.15) is 0 Å². The van der Waals surface area contributed by atoms with E-state index in [0.29, 0.717) is 12.3 Å². The predicted molar refractivity (Wildman–Crippen MR) is 90.1 cm³/mol. The normalized spacial score (nSPS) is 15.3. The van der Waals surface area contributed by atoms with Gasteiger partial charge in [0.15, 0.2) is 0 Å². The van der Waals surface area contributed by atoms with E-state index in [0.717, 1.165) is 44.5 Å². The number of carbonyl (C=O) groups excluding carboxylic acids is 1. The number of fused-ring (bicyclic) bond motifs is 1. The largest absolute Gasteiger partial charge is 0.366 e. The molecule has 1 fully saturated rings. The molecule has 0 radical (unpaired) electrons. The standard InChI is InChI=1S/C18H23N3O/c1-2-3-9-17(22)21-13-11-20(12-14-21)16-8-4-6-15-7-5-10-19-18(15)16/h4-8,10H,2-3,9,11-14H2,1H3. The first kappa shape index (κ1) is 14.8. The number of aromatic nitrogens is 1. The maximum Gasteiger partial charge on any atom is 0.222 e. The quantitative estimate of drug-likeness (QED) is 0.870. The first-order valence-corrected chi connectivity index (χ1v) is 8.16. The van der Waals surface area contributed by atoms with Crippen LogP contribution in [0.25, 0.3) is 10.9 Å². The van der Waals surface area contributed by atoms with Crippen molar-refractivity contribution < 1.29 is 4.79 Å². The summed E-state index contributed by atoms with van der Waals surface area (Å²) in [6.45, 7) is 5.51. The summed E-state index contributed by atoms with van der Waals surface area (Å²) in [5.41, 5.74) is 2.23. The summed E-state index contributed by atoms with van der Waals surface area (Å²) in [5.74, 6) is 0.303. The molecule has 0 spiro atoms. The van der Waals surface area contributed by atoms with Gasteiger partial charge in [-0.3, -0.25) is 9.78 Å². The summed E-state index contributed by atoms with van der Waals surface area (Å²) in [7, 11) is 0. The third-order valence-electron chi connectivity index (χ3n) is 4.33. The molecule has 0 saturated carbocycles. The van der Waals surface area contributed by atoms with Crippen molar-refractivity contribution in [2.45, 2.75) is 26.2 Å². The van der Waals surface area contributed by atoms with Crippen molar-refractivity contribution in [3.05, 3.63) is 36.5 Å². The number of pyridine rings is 1. The van der Waals surface area contributed by atoms with Crippen LogP contribution < -0.4 is 4.90 Å². The lowest BCUT2D eigenvalue weighted by Gasteiger charge is -2.36. The van der Waals surface area contributed by atoms with E-state index in [1.165, 1.54) is 11.1 Å². The van der Waals surface area contributed by atoms with Gasteiger partial charge in [-0.1, -0.05) is 31.5 Å². The molecule has 0 atom stereocenters. The fourth-order valence-electron chi connectivity index (χ4n) is 3.03. The van der Waals surface area contributed by atoms with Crippen LogP contribution in [0.5, 0.6) is 0 Å². The van der Waals surface area contributed by atoms with Gasteiger partial charge in [0.05, 0.1) is 11.2 Å². The molecular formula is C18H23N3O. The van der Waals surface area contributed by atoms with E-state index in [1.54, 1.807) is 0 Å². The van der Waals surface area contributed by atoms with Gasteiger partial charge in [-0.25, -0.2) is 0 Å². The molecule has 2 aromatic rings. The van der Waals surface area contributed by atoms with Gasteiger partial charge in [0.25, 0.3) is 0 Å². The Bertz CT molecular complexity index is 642. The number of unbranched alkanes of at least 4 members (excludes halogenated alkanes) is 1. The average Bonchev–Trinajstić information content (AvgIpc) is 2.59. The van der Waals surface area contributed by atoms with E-state index in [9.17, 15) is 4.79 Å². The second kappa shape index (κ2) is 6.77. The Morgan fingerprint density at radius 3 is 2.68 bits per heavy atom. The van der Waals surface area contributed by atoms with E-state index in [4.69, 9.17) is 0 Å². The van der Waals surface area contributed by atoms with Gasteiger partial charge < -0.3 is 9.80 Å². The lowest BCUT2D eigenvalue weighted by atomic mass is 10.1. The molecule has 4 nitrogen and oxygen atoms in total. The highest BCUT2D eigenvalue weighted by molar-refractivity contribution is 5.90. The Morgan fingerprint density at radius 2 is 1.91 bits per heavy atom. The molecule has 1 aromatic carbocycles. The van der Waals surface area contributed by atoms with Gasteiger partial charge in [-0.05, 0) is 18.6 Å². The van der Waals surface area contributed by atoms with Crippen molar-refractivity contribution in [1.82, 2.24) is 9.88 Å². The lowest BCUT2D eigenvalue weighted by molar-refractivity contribution is -0.131. The molecule has 2 heterocycles. The third-order valence-corrected chi connectivity index (χ3v) is 4.33. The molecule has 0 N–H and O–H groups in total. The number of nitrogens with zero attached hydrogens (tertiary/aromatic N) is 3. The maximum absolute atomic E-state index is 12.1. The van der Waals surface area contributed by atoms with Crippen LogP contribution in [-0.4, -0.2) is 42.0 Å². The van der Waals surface area contributed by atoms with E-state index < -0.39 is 0 Å². The molecule has 1 aliphatic rings. The Kier molecular flexibility index (Phi) is 4.56. The highest BCUT2D eigenvalue weighted by Crippen LogP contribution is 2.25. The van der Waals surface area contributed by atoms with E-state index in [1.807, 2.05) is 17.2 Å². The number of piperazine rings is 1. The number of hydrogen-bond donors (Lipinski definition) is 0. The summed E-state index contributed by atoms with van der Waals surface area (Å²) in [5, 5.41) is 1.17. The minimum absolute atomic E-state index is 0.303. The Morgan fingerprint density at radius 1 is 1.14 bits per heavy atom. The number of hydrogen-bond acceptors (Lipinski definition) is 3. The van der Waals surface area contributed by atoms with Crippen molar-refractivity contribution >= 4 is 22.5 Å². The molecule has 22 heavy (non-hydrogen) atoms. The van der Waals surface area contributed by atoms with Gasteiger partial charge in [0, 0.05) is 44.2 Å². The molecule has 0 bridgehead atoms. The van der Waals surface area contributed by atoms with Crippen LogP contribution in [0.4, 0.5) is 5.69 Å². The summed E-state index contributed by atoms with van der Waals surface area (Å²) < 4.78 is 0. The zero-order valence-electron chi connectivity index (χ0n) is 13.2. The summed E-state index contributed by atoms with van der Waals surface area (Å²) in [6.07, 6.45) is 4.60.